The van der Waals surface area contributed by atoms with E-state index in [0.29, 0.717) is 11.3 Å². The summed E-state index contributed by atoms with van der Waals surface area (Å²) in [6.07, 6.45) is 3.18. The molecule has 0 aliphatic heterocycles. The molecular weight excluding hydrogens is 272 g/mol. The number of aryl methyl sites for hydroxylation is 1. The molecule has 0 amide bonds. The summed E-state index contributed by atoms with van der Waals surface area (Å²) in [6, 6.07) is 7.98. The van der Waals surface area contributed by atoms with Crippen LogP contribution >= 0.6 is 11.9 Å². The second-order valence-electron chi connectivity index (χ2n) is 4.30. The van der Waals surface area contributed by atoms with Gasteiger partial charge in [0.15, 0.2) is 5.78 Å². The Hall–Kier alpha value is -2.30. The fraction of sp³-hybridized carbons (Fsp3) is 0.143. The molecule has 0 spiro atoms. The predicted molar refractivity (Wildman–Crippen MR) is 80.5 cm³/mol. The number of hydrogen-bond acceptors (Lipinski definition) is 4. The second kappa shape index (κ2) is 6.23. The number of allylic oxidation sites excluding steroid dienone is 3. The van der Waals surface area contributed by atoms with Gasteiger partial charge in [0.1, 0.15) is 0 Å². The number of carbonyl (C=O) groups excluding carboxylic acids is 1. The summed E-state index contributed by atoms with van der Waals surface area (Å²) in [5.74, 6) is -0.262. The van der Waals surface area contributed by atoms with Crippen LogP contribution in [0.5, 0.6) is 0 Å². The predicted octanol–water partition coefficient (Wildman–Crippen LogP) is 4.17. The third kappa shape index (κ3) is 3.38. The van der Waals surface area contributed by atoms with Crippen LogP contribution in [0.1, 0.15) is 12.5 Å². The van der Waals surface area contributed by atoms with Gasteiger partial charge in [0.05, 0.1) is 11.4 Å². The zero-order valence-electron chi connectivity index (χ0n) is 11.1. The molecule has 1 aliphatic carbocycles. The topological polar surface area (TPSA) is 78.2 Å². The normalized spacial score (nSPS) is 16.5. The average molecular weight is 284 g/mol. The van der Waals surface area contributed by atoms with Crippen LogP contribution in [0.3, 0.4) is 0 Å². The van der Waals surface area contributed by atoms with Crippen molar-refractivity contribution in [1.82, 2.24) is 0 Å². The maximum atomic E-state index is 11.7. The number of hydrogen-bond donors (Lipinski definition) is 0. The molecule has 0 bridgehead atoms. The minimum Gasteiger partial charge on any atom is -0.289 e. The van der Waals surface area contributed by atoms with Gasteiger partial charge in [-0.15, -0.1) is 0 Å². The van der Waals surface area contributed by atoms with Crippen LogP contribution in [0.15, 0.2) is 62.1 Å². The number of rotatable bonds is 3. The van der Waals surface area contributed by atoms with E-state index in [1.54, 1.807) is 13.0 Å². The van der Waals surface area contributed by atoms with Crippen molar-refractivity contribution in [1.29, 1.82) is 0 Å². The molecule has 0 radical (unpaired) electrons. The van der Waals surface area contributed by atoms with Crippen molar-refractivity contribution >= 4 is 23.4 Å². The van der Waals surface area contributed by atoms with Crippen molar-refractivity contribution in [2.45, 2.75) is 18.7 Å². The lowest BCUT2D eigenvalue weighted by Crippen LogP contribution is -2.10. The highest BCUT2D eigenvalue weighted by Gasteiger charge is 2.16. The Morgan fingerprint density at radius 1 is 1.15 bits per heavy atom. The highest BCUT2D eigenvalue weighted by atomic mass is 32.2. The summed E-state index contributed by atoms with van der Waals surface area (Å²) < 4.78 is 4.35. The first-order valence-corrected chi connectivity index (χ1v) is 6.69. The summed E-state index contributed by atoms with van der Waals surface area (Å²) in [5.41, 5.74) is 10.8. The van der Waals surface area contributed by atoms with Crippen LogP contribution in [-0.2, 0) is 4.79 Å². The summed E-state index contributed by atoms with van der Waals surface area (Å²) in [6.45, 7) is 3.70. The molecule has 0 atom stereocenters. The zero-order chi connectivity index (χ0) is 14.5. The minimum atomic E-state index is -0.262. The smallest absolute Gasteiger partial charge is 0.191 e. The molecule has 1 aliphatic rings. The molecule has 0 unspecified atom stereocenters. The van der Waals surface area contributed by atoms with E-state index in [4.69, 9.17) is 5.53 Å². The summed E-state index contributed by atoms with van der Waals surface area (Å²) in [5, 5.41) is 3.39. The van der Waals surface area contributed by atoms with Gasteiger partial charge in [0.2, 0.25) is 0 Å². The maximum absolute atomic E-state index is 11.7. The van der Waals surface area contributed by atoms with Crippen LogP contribution in [0.4, 0.5) is 0 Å². The second-order valence-corrected chi connectivity index (χ2v) is 5.13. The molecule has 100 valence electrons. The molecular formula is C14H12N4OS. The molecule has 0 heterocycles. The van der Waals surface area contributed by atoms with Crippen molar-refractivity contribution in [3.05, 3.63) is 63.7 Å². The van der Waals surface area contributed by atoms with Gasteiger partial charge in [-0.2, -0.15) is 0 Å². The van der Waals surface area contributed by atoms with Crippen LogP contribution < -0.4 is 0 Å². The van der Waals surface area contributed by atoms with Gasteiger partial charge < -0.3 is 0 Å². The molecule has 0 saturated heterocycles. The van der Waals surface area contributed by atoms with Gasteiger partial charge in [0, 0.05) is 21.8 Å². The van der Waals surface area contributed by atoms with E-state index >= 15 is 0 Å². The van der Waals surface area contributed by atoms with Crippen LogP contribution in [-0.4, -0.2) is 11.5 Å². The minimum absolute atomic E-state index is 0.0794. The van der Waals surface area contributed by atoms with Gasteiger partial charge in [-0.3, -0.25) is 4.79 Å². The Labute approximate surface area is 120 Å². The standard InChI is InChI=1S/C14H12N4OS/c1-9-3-5-12(6-4-9)20-17-11-7-10(2)14(19)13(8-11)16-18-15/h3-8H,1-2H3. The van der Waals surface area contributed by atoms with E-state index in [9.17, 15) is 4.79 Å². The Morgan fingerprint density at radius 3 is 2.50 bits per heavy atom. The zero-order valence-corrected chi connectivity index (χ0v) is 11.9. The van der Waals surface area contributed by atoms with E-state index in [1.807, 2.05) is 31.2 Å². The molecule has 0 fully saturated rings. The van der Waals surface area contributed by atoms with E-state index in [0.717, 1.165) is 4.90 Å². The van der Waals surface area contributed by atoms with E-state index < -0.39 is 0 Å². The number of azide groups is 1. The third-order valence-corrected chi connectivity index (χ3v) is 3.45. The fourth-order valence-electron chi connectivity index (χ4n) is 1.62. The molecule has 1 aromatic carbocycles. The van der Waals surface area contributed by atoms with Gasteiger partial charge in [-0.05, 0) is 49.2 Å². The summed E-state index contributed by atoms with van der Waals surface area (Å²) in [7, 11) is 0. The quantitative estimate of drug-likeness (QED) is 0.274. The monoisotopic (exact) mass is 284 g/mol. The fourth-order valence-corrected chi connectivity index (χ4v) is 2.19. The Bertz CT molecular complexity index is 680. The lowest BCUT2D eigenvalue weighted by atomic mass is 10.0. The molecule has 0 N–H and O–H groups in total. The van der Waals surface area contributed by atoms with Crippen molar-refractivity contribution < 1.29 is 4.79 Å². The molecule has 0 saturated carbocycles. The first kappa shape index (κ1) is 14.1. The SMILES string of the molecule is CC1=CC(=NSc2ccc(C)cc2)C=C(N=[N+]=[N-])C1=O. The summed E-state index contributed by atoms with van der Waals surface area (Å²) in [4.78, 5) is 15.4. The van der Waals surface area contributed by atoms with Crippen molar-refractivity contribution in [3.8, 4) is 0 Å². The largest absolute Gasteiger partial charge is 0.289 e. The van der Waals surface area contributed by atoms with Crippen LogP contribution in [0.2, 0.25) is 0 Å². The molecule has 20 heavy (non-hydrogen) atoms. The first-order valence-electron chi connectivity index (χ1n) is 5.91. The van der Waals surface area contributed by atoms with E-state index in [2.05, 4.69) is 14.4 Å². The molecule has 5 nitrogen and oxygen atoms in total. The highest BCUT2D eigenvalue weighted by molar-refractivity contribution is 7.98. The van der Waals surface area contributed by atoms with E-state index in [-0.39, 0.29) is 11.5 Å². The first-order chi connectivity index (χ1) is 9.60. The Morgan fingerprint density at radius 2 is 1.85 bits per heavy atom. The lowest BCUT2D eigenvalue weighted by Gasteiger charge is -2.07. The number of carbonyl (C=O) groups is 1. The molecule has 1 aromatic rings. The lowest BCUT2D eigenvalue weighted by molar-refractivity contribution is -0.112. The Balaban J connectivity index is 2.23. The number of nitrogens with zero attached hydrogens (tertiary/aromatic N) is 4. The third-order valence-electron chi connectivity index (χ3n) is 2.67. The van der Waals surface area contributed by atoms with Crippen LogP contribution in [0.25, 0.3) is 10.4 Å². The average Bonchev–Trinajstić information content (AvgIpc) is 2.44. The van der Waals surface area contributed by atoms with Crippen molar-refractivity contribution in [3.63, 3.8) is 0 Å². The Kier molecular flexibility index (Phi) is 4.40. The highest BCUT2D eigenvalue weighted by Crippen LogP contribution is 2.22. The molecule has 0 aromatic heterocycles. The van der Waals surface area contributed by atoms with Crippen molar-refractivity contribution in [2.75, 3.05) is 0 Å². The maximum Gasteiger partial charge on any atom is 0.191 e. The van der Waals surface area contributed by atoms with Gasteiger partial charge >= 0.3 is 0 Å². The number of benzene rings is 1. The van der Waals surface area contributed by atoms with Crippen molar-refractivity contribution in [2.24, 2.45) is 9.51 Å². The van der Waals surface area contributed by atoms with E-state index in [1.165, 1.54) is 23.6 Å². The number of ketones is 1. The van der Waals surface area contributed by atoms with Gasteiger partial charge in [-0.25, -0.2) is 4.40 Å². The number of Topliss-reactive ketones (excluding diaryl/α,β-unsaturated/α-hetero) is 1. The summed E-state index contributed by atoms with van der Waals surface area (Å²) >= 11 is 1.31. The molecule has 6 heteroatoms. The molecule has 2 rings (SSSR count). The van der Waals surface area contributed by atoms with Gasteiger partial charge in [-0.1, -0.05) is 22.8 Å². The van der Waals surface area contributed by atoms with Gasteiger partial charge in [0.25, 0.3) is 0 Å². The van der Waals surface area contributed by atoms with Crippen LogP contribution in [0, 0.1) is 6.92 Å².